The summed E-state index contributed by atoms with van der Waals surface area (Å²) in [5, 5.41) is 3.57. The van der Waals surface area contributed by atoms with E-state index in [0.717, 1.165) is 47.9 Å². The third-order valence-corrected chi connectivity index (χ3v) is 5.20. The summed E-state index contributed by atoms with van der Waals surface area (Å²) in [6.07, 6.45) is 4.30. The minimum Gasteiger partial charge on any atom is -0.468 e. The fraction of sp³-hybridized carbons (Fsp3) is 0.444. The lowest BCUT2D eigenvalue weighted by Gasteiger charge is -2.26. The summed E-state index contributed by atoms with van der Waals surface area (Å²) in [4.78, 5) is 2.50. The highest BCUT2D eigenvalue weighted by molar-refractivity contribution is 9.10. The van der Waals surface area contributed by atoms with Gasteiger partial charge in [0.25, 0.3) is 0 Å². The number of likely N-dealkylation sites (tertiary alicyclic amines) is 1. The first-order chi connectivity index (χ1) is 11.8. The molecule has 1 atom stereocenters. The minimum atomic E-state index is 0.292. The Morgan fingerprint density at radius 2 is 2.08 bits per heavy atom. The van der Waals surface area contributed by atoms with E-state index in [4.69, 9.17) is 13.9 Å². The van der Waals surface area contributed by atoms with Crippen molar-refractivity contribution in [3.05, 3.63) is 46.3 Å². The van der Waals surface area contributed by atoms with Crippen molar-refractivity contribution in [2.75, 3.05) is 26.4 Å². The second-order valence-electron chi connectivity index (χ2n) is 6.22. The van der Waals surface area contributed by atoms with E-state index in [9.17, 15) is 0 Å². The number of benzene rings is 1. The molecule has 24 heavy (non-hydrogen) atoms. The molecule has 4 rings (SSSR count). The van der Waals surface area contributed by atoms with Gasteiger partial charge in [0.15, 0.2) is 11.5 Å². The molecule has 0 radical (unpaired) electrons. The van der Waals surface area contributed by atoms with Gasteiger partial charge in [0, 0.05) is 13.1 Å². The monoisotopic (exact) mass is 392 g/mol. The average molecular weight is 393 g/mol. The summed E-state index contributed by atoms with van der Waals surface area (Å²) in [6.45, 7) is 4.21. The lowest BCUT2D eigenvalue weighted by atomic mass is 10.1. The number of furan rings is 1. The molecule has 0 aliphatic carbocycles. The van der Waals surface area contributed by atoms with Crippen molar-refractivity contribution in [3.8, 4) is 11.5 Å². The van der Waals surface area contributed by atoms with Gasteiger partial charge in [0.1, 0.15) is 5.76 Å². The zero-order chi connectivity index (χ0) is 16.4. The van der Waals surface area contributed by atoms with Gasteiger partial charge in [-0.05, 0) is 71.7 Å². The van der Waals surface area contributed by atoms with Gasteiger partial charge in [0.05, 0.1) is 16.8 Å². The van der Waals surface area contributed by atoms with Gasteiger partial charge in [-0.3, -0.25) is 4.90 Å². The van der Waals surface area contributed by atoms with Gasteiger partial charge in [-0.15, -0.1) is 0 Å². The number of hydrogen-bond donors (Lipinski definition) is 1. The number of hydrogen-bond acceptors (Lipinski definition) is 5. The van der Waals surface area contributed by atoms with Crippen LogP contribution >= 0.6 is 15.9 Å². The Hall–Kier alpha value is -1.50. The molecule has 1 N–H and O–H groups in total. The number of rotatable bonds is 6. The van der Waals surface area contributed by atoms with Gasteiger partial charge >= 0.3 is 0 Å². The number of nitrogens with zero attached hydrogens (tertiary/aromatic N) is 1. The highest BCUT2D eigenvalue weighted by Gasteiger charge is 2.25. The van der Waals surface area contributed by atoms with E-state index in [1.165, 1.54) is 18.4 Å². The van der Waals surface area contributed by atoms with E-state index in [1.54, 1.807) is 6.26 Å². The van der Waals surface area contributed by atoms with Gasteiger partial charge < -0.3 is 19.2 Å². The molecule has 0 spiro atoms. The van der Waals surface area contributed by atoms with Crippen LogP contribution in [0.15, 0.2) is 39.4 Å². The fourth-order valence-electron chi connectivity index (χ4n) is 3.42. The van der Waals surface area contributed by atoms with Crippen molar-refractivity contribution in [2.24, 2.45) is 0 Å². The van der Waals surface area contributed by atoms with Crippen LogP contribution < -0.4 is 14.8 Å². The van der Waals surface area contributed by atoms with Crippen molar-refractivity contribution in [3.63, 3.8) is 0 Å². The maximum Gasteiger partial charge on any atom is 0.231 e. The Morgan fingerprint density at radius 3 is 2.88 bits per heavy atom. The lowest BCUT2D eigenvalue weighted by molar-refractivity contribution is 0.173. The Balaban J connectivity index is 1.41. The summed E-state index contributed by atoms with van der Waals surface area (Å²) in [6, 6.07) is 8.45. The SMILES string of the molecule is Brc1cc(CNCC(c2ccco2)N2CCCC2)cc2c1OCO2. The molecule has 2 aromatic rings. The fourth-order valence-corrected chi connectivity index (χ4v) is 4.02. The topological polar surface area (TPSA) is 46.9 Å². The molecule has 1 unspecified atom stereocenters. The predicted molar refractivity (Wildman–Crippen MR) is 94.2 cm³/mol. The molecule has 0 saturated carbocycles. The predicted octanol–water partition coefficient (Wildman–Crippen LogP) is 3.70. The third-order valence-electron chi connectivity index (χ3n) is 4.61. The summed E-state index contributed by atoms with van der Waals surface area (Å²) in [5.41, 5.74) is 1.17. The Labute approximate surface area is 150 Å². The van der Waals surface area contributed by atoms with Crippen molar-refractivity contribution in [1.82, 2.24) is 10.2 Å². The Bertz CT molecular complexity index is 684. The second-order valence-corrected chi connectivity index (χ2v) is 7.07. The first kappa shape index (κ1) is 16.0. The van der Waals surface area contributed by atoms with Gasteiger partial charge in [-0.25, -0.2) is 0 Å². The normalized spacial score (nSPS) is 18.2. The molecular formula is C18H21BrN2O3. The number of halogens is 1. The van der Waals surface area contributed by atoms with Crippen molar-refractivity contribution in [1.29, 1.82) is 0 Å². The van der Waals surface area contributed by atoms with Gasteiger partial charge in [-0.2, -0.15) is 0 Å². The van der Waals surface area contributed by atoms with Gasteiger partial charge in [-0.1, -0.05) is 0 Å². The maximum absolute atomic E-state index is 5.66. The van der Waals surface area contributed by atoms with Crippen molar-refractivity contribution in [2.45, 2.75) is 25.4 Å². The van der Waals surface area contributed by atoms with E-state index in [0.29, 0.717) is 12.8 Å². The van der Waals surface area contributed by atoms with E-state index in [2.05, 4.69) is 38.3 Å². The second kappa shape index (κ2) is 7.17. The Kier molecular flexibility index (Phi) is 4.78. The molecule has 2 aliphatic rings. The van der Waals surface area contributed by atoms with Crippen LogP contribution in [-0.2, 0) is 6.54 Å². The molecule has 5 nitrogen and oxygen atoms in total. The van der Waals surface area contributed by atoms with Crippen LogP contribution in [0.3, 0.4) is 0 Å². The quantitative estimate of drug-likeness (QED) is 0.811. The minimum absolute atomic E-state index is 0.292. The summed E-state index contributed by atoms with van der Waals surface area (Å²) in [7, 11) is 0. The van der Waals surface area contributed by atoms with E-state index in [1.807, 2.05) is 12.1 Å². The number of fused-ring (bicyclic) bond motifs is 1. The molecule has 1 aromatic carbocycles. The lowest BCUT2D eigenvalue weighted by Crippen LogP contribution is -2.33. The largest absolute Gasteiger partial charge is 0.468 e. The number of ether oxygens (including phenoxy) is 2. The molecule has 6 heteroatoms. The van der Waals surface area contributed by atoms with Crippen LogP contribution in [0.5, 0.6) is 11.5 Å². The van der Waals surface area contributed by atoms with Crippen LogP contribution in [0.4, 0.5) is 0 Å². The summed E-state index contributed by atoms with van der Waals surface area (Å²) in [5.74, 6) is 2.64. The van der Waals surface area contributed by atoms with Crippen LogP contribution in [0.2, 0.25) is 0 Å². The van der Waals surface area contributed by atoms with Crippen molar-refractivity contribution < 1.29 is 13.9 Å². The van der Waals surface area contributed by atoms with Crippen LogP contribution in [0.1, 0.15) is 30.2 Å². The van der Waals surface area contributed by atoms with Crippen LogP contribution in [0.25, 0.3) is 0 Å². The van der Waals surface area contributed by atoms with E-state index >= 15 is 0 Å². The maximum atomic E-state index is 5.66. The zero-order valence-corrected chi connectivity index (χ0v) is 15.0. The smallest absolute Gasteiger partial charge is 0.231 e. The number of nitrogens with one attached hydrogen (secondary N) is 1. The molecule has 3 heterocycles. The van der Waals surface area contributed by atoms with Crippen LogP contribution in [-0.4, -0.2) is 31.3 Å². The summed E-state index contributed by atoms with van der Waals surface area (Å²) >= 11 is 3.55. The van der Waals surface area contributed by atoms with E-state index in [-0.39, 0.29) is 0 Å². The van der Waals surface area contributed by atoms with Gasteiger partial charge in [0.2, 0.25) is 6.79 Å². The molecule has 0 bridgehead atoms. The molecule has 0 amide bonds. The molecule has 128 valence electrons. The molecule has 1 aromatic heterocycles. The zero-order valence-electron chi connectivity index (χ0n) is 13.5. The van der Waals surface area contributed by atoms with Crippen LogP contribution in [0, 0.1) is 0 Å². The highest BCUT2D eigenvalue weighted by atomic mass is 79.9. The Morgan fingerprint density at radius 1 is 1.21 bits per heavy atom. The van der Waals surface area contributed by atoms with E-state index < -0.39 is 0 Å². The first-order valence-electron chi connectivity index (χ1n) is 8.37. The molecule has 2 aliphatic heterocycles. The molecule has 1 saturated heterocycles. The third kappa shape index (κ3) is 3.31. The highest BCUT2D eigenvalue weighted by Crippen LogP contribution is 2.40. The molecule has 1 fully saturated rings. The van der Waals surface area contributed by atoms with Crippen molar-refractivity contribution >= 4 is 15.9 Å². The molecular weight excluding hydrogens is 372 g/mol. The average Bonchev–Trinajstić information content (AvgIpc) is 3.32. The first-order valence-corrected chi connectivity index (χ1v) is 9.17. The standard InChI is InChI=1S/C18H21BrN2O3/c19-14-8-13(9-17-18(14)24-12-23-17)10-20-11-15(16-4-3-7-22-16)21-5-1-2-6-21/h3-4,7-9,15,20H,1-2,5-6,10-12H2. The summed E-state index contributed by atoms with van der Waals surface area (Å²) < 4.78 is 17.5.